The summed E-state index contributed by atoms with van der Waals surface area (Å²) < 4.78 is 16.0. The molecule has 32 heavy (non-hydrogen) atoms. The Balaban J connectivity index is 1.60. The topological polar surface area (TPSA) is 54.3 Å². The normalized spacial score (nSPS) is 12.2. The van der Waals surface area contributed by atoms with Crippen LogP contribution >= 0.6 is 0 Å². The van der Waals surface area contributed by atoms with Crippen molar-refractivity contribution in [2.75, 3.05) is 0 Å². The summed E-state index contributed by atoms with van der Waals surface area (Å²) in [5, 5.41) is 14.4. The smallest absolute Gasteiger partial charge is 0.352 e. The minimum atomic E-state index is -1.01. The fraction of sp³-hybridized carbons (Fsp3) is 0.222. The highest BCUT2D eigenvalue weighted by Crippen LogP contribution is 2.28. The number of carbonyl (C=O) groups is 1. The minimum absolute atomic E-state index is 0.165. The predicted molar refractivity (Wildman–Crippen MR) is 125 cm³/mol. The van der Waals surface area contributed by atoms with Crippen molar-refractivity contribution in [2.24, 2.45) is 0 Å². The van der Waals surface area contributed by atoms with Gasteiger partial charge in [0, 0.05) is 34.6 Å². The van der Waals surface area contributed by atoms with Crippen molar-refractivity contribution in [2.45, 2.75) is 38.9 Å². The molecule has 164 valence electrons. The molecule has 4 aromatic rings. The second-order valence-corrected chi connectivity index (χ2v) is 8.13. The largest absolute Gasteiger partial charge is 0.477 e. The van der Waals surface area contributed by atoms with E-state index in [-0.39, 0.29) is 24.1 Å². The predicted octanol–water partition coefficient (Wildman–Crippen LogP) is 5.64. The molecule has 0 spiro atoms. The summed E-state index contributed by atoms with van der Waals surface area (Å²) in [6.07, 6.45) is 1.90. The molecule has 1 heterocycles. The molecule has 0 fully saturated rings. The molecule has 4 rings (SSSR count). The third-order valence-electron chi connectivity index (χ3n) is 5.90. The van der Waals surface area contributed by atoms with Gasteiger partial charge in [-0.3, -0.25) is 0 Å². The lowest BCUT2D eigenvalue weighted by atomic mass is 10.1. The van der Waals surface area contributed by atoms with Crippen LogP contribution in [0.5, 0.6) is 0 Å². The van der Waals surface area contributed by atoms with Gasteiger partial charge in [0.25, 0.3) is 0 Å². The van der Waals surface area contributed by atoms with E-state index in [0.717, 1.165) is 29.3 Å². The maximum atomic E-state index is 14.3. The average Bonchev–Trinajstić information content (AvgIpc) is 3.12. The van der Waals surface area contributed by atoms with Crippen molar-refractivity contribution in [3.05, 3.63) is 107 Å². The summed E-state index contributed by atoms with van der Waals surface area (Å²) >= 11 is 0. The van der Waals surface area contributed by atoms with Gasteiger partial charge in [-0.1, -0.05) is 66.7 Å². The van der Waals surface area contributed by atoms with Gasteiger partial charge < -0.3 is 15.0 Å². The van der Waals surface area contributed by atoms with E-state index >= 15 is 0 Å². The zero-order valence-corrected chi connectivity index (χ0v) is 18.1. The van der Waals surface area contributed by atoms with Gasteiger partial charge in [-0.25, -0.2) is 9.18 Å². The number of fused-ring (bicyclic) bond motifs is 1. The highest BCUT2D eigenvalue weighted by molar-refractivity contribution is 5.98. The van der Waals surface area contributed by atoms with E-state index in [2.05, 4.69) is 24.4 Å². The van der Waals surface area contributed by atoms with Gasteiger partial charge in [-0.05, 0) is 37.5 Å². The van der Waals surface area contributed by atoms with Crippen LogP contribution in [0.15, 0.2) is 78.9 Å². The number of hydrogen-bond donors (Lipinski definition) is 2. The number of carboxylic acids is 1. The van der Waals surface area contributed by atoms with Crippen molar-refractivity contribution in [1.29, 1.82) is 0 Å². The SMILES string of the molecule is CC(CCc1ccccc1)NCc1c(C(=O)O)n(Cc2ccccc2F)c2ccccc12. The molecule has 2 N–H and O–H groups in total. The van der Waals surface area contributed by atoms with E-state index < -0.39 is 5.97 Å². The number of nitrogens with one attached hydrogen (secondary N) is 1. The number of carboxylic acid groups (broad SMARTS) is 1. The van der Waals surface area contributed by atoms with Gasteiger partial charge >= 0.3 is 5.97 Å². The Hall–Kier alpha value is -3.44. The van der Waals surface area contributed by atoms with Crippen LogP contribution in [0.3, 0.4) is 0 Å². The van der Waals surface area contributed by atoms with E-state index in [1.165, 1.54) is 11.6 Å². The molecule has 0 aliphatic carbocycles. The van der Waals surface area contributed by atoms with Gasteiger partial charge in [0.05, 0.1) is 6.54 Å². The Labute approximate surface area is 187 Å². The summed E-state index contributed by atoms with van der Waals surface area (Å²) in [5.74, 6) is -1.35. The number of benzene rings is 3. The fourth-order valence-electron chi connectivity index (χ4n) is 4.17. The van der Waals surface area contributed by atoms with Gasteiger partial charge in [-0.15, -0.1) is 0 Å². The molecular formula is C27H27FN2O2. The summed E-state index contributed by atoms with van der Waals surface area (Å²) in [4.78, 5) is 12.3. The zero-order valence-electron chi connectivity index (χ0n) is 18.1. The van der Waals surface area contributed by atoms with Crippen molar-refractivity contribution < 1.29 is 14.3 Å². The number of aromatic carboxylic acids is 1. The van der Waals surface area contributed by atoms with E-state index in [1.807, 2.05) is 42.5 Å². The fourth-order valence-corrected chi connectivity index (χ4v) is 4.17. The molecule has 0 saturated carbocycles. The first-order valence-corrected chi connectivity index (χ1v) is 10.9. The van der Waals surface area contributed by atoms with Gasteiger partial charge in [-0.2, -0.15) is 0 Å². The quantitative estimate of drug-likeness (QED) is 0.361. The van der Waals surface area contributed by atoms with Gasteiger partial charge in [0.15, 0.2) is 0 Å². The second-order valence-electron chi connectivity index (χ2n) is 8.13. The Morgan fingerprint density at radius 3 is 2.44 bits per heavy atom. The number of aromatic nitrogens is 1. The molecule has 4 nitrogen and oxygen atoms in total. The standard InChI is InChI=1S/C27H27FN2O2/c1-19(15-16-20-9-3-2-4-10-20)29-17-23-22-12-6-8-14-25(22)30(26(23)27(31)32)18-21-11-5-7-13-24(21)28/h2-14,19,29H,15-18H2,1H3,(H,31,32). The molecule has 0 aliphatic rings. The maximum absolute atomic E-state index is 14.3. The lowest BCUT2D eigenvalue weighted by molar-refractivity contribution is 0.0684. The second kappa shape index (κ2) is 9.79. The number of nitrogens with zero attached hydrogens (tertiary/aromatic N) is 1. The lowest BCUT2D eigenvalue weighted by Crippen LogP contribution is -2.27. The number of hydrogen-bond acceptors (Lipinski definition) is 2. The first kappa shape index (κ1) is 21.8. The van der Waals surface area contributed by atoms with Crippen molar-refractivity contribution >= 4 is 16.9 Å². The summed E-state index contributed by atoms with van der Waals surface area (Å²) in [7, 11) is 0. The summed E-state index contributed by atoms with van der Waals surface area (Å²) in [6, 6.07) is 24.6. The van der Waals surface area contributed by atoms with E-state index in [1.54, 1.807) is 22.8 Å². The number of para-hydroxylation sites is 1. The van der Waals surface area contributed by atoms with Crippen LogP contribution in [0.4, 0.5) is 4.39 Å². The number of halogens is 1. The first-order valence-electron chi connectivity index (χ1n) is 10.9. The number of rotatable bonds is 9. The molecule has 1 unspecified atom stereocenters. The van der Waals surface area contributed by atoms with Gasteiger partial charge in [0.1, 0.15) is 11.5 Å². The molecule has 5 heteroatoms. The number of aryl methyl sites for hydroxylation is 1. The highest BCUT2D eigenvalue weighted by atomic mass is 19.1. The minimum Gasteiger partial charge on any atom is -0.477 e. The van der Waals surface area contributed by atoms with E-state index in [0.29, 0.717) is 12.1 Å². The van der Waals surface area contributed by atoms with Crippen LogP contribution in [0.1, 0.15) is 40.5 Å². The molecule has 3 aromatic carbocycles. The van der Waals surface area contributed by atoms with Crippen LogP contribution in [-0.4, -0.2) is 21.7 Å². The van der Waals surface area contributed by atoms with E-state index in [9.17, 15) is 14.3 Å². The Morgan fingerprint density at radius 1 is 1.00 bits per heavy atom. The highest BCUT2D eigenvalue weighted by Gasteiger charge is 2.23. The Kier molecular flexibility index (Phi) is 6.66. The molecular weight excluding hydrogens is 403 g/mol. The van der Waals surface area contributed by atoms with E-state index in [4.69, 9.17) is 0 Å². The van der Waals surface area contributed by atoms with Crippen LogP contribution in [-0.2, 0) is 19.5 Å². The molecule has 1 aromatic heterocycles. The van der Waals surface area contributed by atoms with Crippen molar-refractivity contribution in [3.8, 4) is 0 Å². The molecule has 0 saturated heterocycles. The monoisotopic (exact) mass is 430 g/mol. The molecule has 0 aliphatic heterocycles. The Morgan fingerprint density at radius 2 is 1.69 bits per heavy atom. The summed E-state index contributed by atoms with van der Waals surface area (Å²) in [6.45, 7) is 2.71. The first-order chi connectivity index (χ1) is 15.5. The van der Waals surface area contributed by atoms with Crippen LogP contribution in [0.2, 0.25) is 0 Å². The Bertz CT molecular complexity index is 1220. The zero-order chi connectivity index (χ0) is 22.5. The molecule has 0 bridgehead atoms. The summed E-state index contributed by atoms with van der Waals surface area (Å²) in [5.41, 5.74) is 3.48. The lowest BCUT2D eigenvalue weighted by Gasteiger charge is -2.15. The van der Waals surface area contributed by atoms with Crippen molar-refractivity contribution in [3.63, 3.8) is 0 Å². The van der Waals surface area contributed by atoms with Crippen LogP contribution in [0, 0.1) is 5.82 Å². The third-order valence-corrected chi connectivity index (χ3v) is 5.90. The molecule has 0 amide bonds. The van der Waals surface area contributed by atoms with Crippen molar-refractivity contribution in [1.82, 2.24) is 9.88 Å². The van der Waals surface area contributed by atoms with Crippen LogP contribution in [0.25, 0.3) is 10.9 Å². The van der Waals surface area contributed by atoms with Crippen LogP contribution < -0.4 is 5.32 Å². The maximum Gasteiger partial charge on any atom is 0.352 e. The third kappa shape index (κ3) is 4.73. The average molecular weight is 431 g/mol. The van der Waals surface area contributed by atoms with Gasteiger partial charge in [0.2, 0.25) is 0 Å². The molecule has 1 atom stereocenters. The molecule has 0 radical (unpaired) electrons.